The molecule has 1 aromatic carbocycles. The van der Waals surface area contributed by atoms with Crippen LogP contribution in [-0.2, 0) is 14.3 Å². The second kappa shape index (κ2) is 9.35. The number of carbonyl (C=O) groups excluding carboxylic acids is 3. The summed E-state index contributed by atoms with van der Waals surface area (Å²) in [5, 5.41) is 2.42. The van der Waals surface area contributed by atoms with E-state index in [2.05, 4.69) is 5.32 Å². The van der Waals surface area contributed by atoms with Crippen LogP contribution in [0.25, 0.3) is 0 Å². The number of hydrogen-bond donors (Lipinski definition) is 1. The van der Waals surface area contributed by atoms with Gasteiger partial charge in [0.2, 0.25) is 11.8 Å². The van der Waals surface area contributed by atoms with Crippen LogP contribution in [0.2, 0.25) is 0 Å². The second-order valence-electron chi connectivity index (χ2n) is 10.9. The zero-order chi connectivity index (χ0) is 23.6. The van der Waals surface area contributed by atoms with Gasteiger partial charge in [-0.1, -0.05) is 12.1 Å². The molecule has 0 bridgehead atoms. The lowest BCUT2D eigenvalue weighted by atomic mass is 9.67. The van der Waals surface area contributed by atoms with Crippen molar-refractivity contribution in [2.45, 2.75) is 89.8 Å². The van der Waals surface area contributed by atoms with E-state index in [1.807, 2.05) is 49.9 Å². The quantitative estimate of drug-likeness (QED) is 0.675. The average Bonchev–Trinajstić information content (AvgIpc) is 2.76. The maximum Gasteiger partial charge on any atom is 0.410 e. The Morgan fingerprint density at radius 2 is 1.64 bits per heavy atom. The van der Waals surface area contributed by atoms with E-state index in [0.717, 1.165) is 62.9 Å². The van der Waals surface area contributed by atoms with Crippen LogP contribution in [0.4, 0.5) is 4.79 Å². The van der Waals surface area contributed by atoms with Crippen molar-refractivity contribution in [3.63, 3.8) is 0 Å². The first-order valence-electron chi connectivity index (χ1n) is 12.2. The minimum absolute atomic E-state index is 0.193. The zero-order valence-electron chi connectivity index (χ0n) is 20.0. The number of nitrogens with zero attached hydrogens (tertiary/aromatic N) is 1. The number of rotatable bonds is 3. The maximum absolute atomic E-state index is 12.3. The number of carbonyl (C=O) groups is 3. The molecule has 3 amide bonds. The highest BCUT2D eigenvalue weighted by Crippen LogP contribution is 2.45. The van der Waals surface area contributed by atoms with E-state index < -0.39 is 5.60 Å². The first-order valence-corrected chi connectivity index (χ1v) is 12.2. The SMILES string of the molecule is CC(C)(C)OC(=O)N1CCC2(CCC(Oc3ccc(C4CCC(=O)NC4=O)cc3)CC2)CC1. The predicted octanol–water partition coefficient (Wildman–Crippen LogP) is 4.55. The van der Waals surface area contributed by atoms with E-state index in [1.54, 1.807) is 0 Å². The molecule has 3 aliphatic rings. The van der Waals surface area contributed by atoms with Gasteiger partial charge in [-0.25, -0.2) is 4.79 Å². The number of piperidine rings is 2. The fourth-order valence-electron chi connectivity index (χ4n) is 5.29. The van der Waals surface area contributed by atoms with Gasteiger partial charge >= 0.3 is 6.09 Å². The Labute approximate surface area is 196 Å². The molecular formula is C26H36N2O5. The fourth-order valence-corrected chi connectivity index (χ4v) is 5.29. The molecule has 1 unspecified atom stereocenters. The summed E-state index contributed by atoms with van der Waals surface area (Å²) in [6.07, 6.45) is 7.26. The third-order valence-corrected chi connectivity index (χ3v) is 7.29. The Kier molecular flexibility index (Phi) is 6.68. The van der Waals surface area contributed by atoms with Gasteiger partial charge < -0.3 is 14.4 Å². The van der Waals surface area contributed by atoms with Crippen molar-refractivity contribution in [2.24, 2.45) is 5.41 Å². The van der Waals surface area contributed by atoms with Gasteiger partial charge in [-0.15, -0.1) is 0 Å². The first-order chi connectivity index (χ1) is 15.6. The van der Waals surface area contributed by atoms with Gasteiger partial charge in [0.25, 0.3) is 0 Å². The van der Waals surface area contributed by atoms with Crippen LogP contribution in [0.1, 0.15) is 83.6 Å². The molecule has 33 heavy (non-hydrogen) atoms. The average molecular weight is 457 g/mol. The van der Waals surface area contributed by atoms with Crippen LogP contribution in [0, 0.1) is 5.41 Å². The lowest BCUT2D eigenvalue weighted by Crippen LogP contribution is -2.46. The first kappa shape index (κ1) is 23.6. The third-order valence-electron chi connectivity index (χ3n) is 7.29. The summed E-state index contributed by atoms with van der Waals surface area (Å²) in [5.74, 6) is 0.154. The summed E-state index contributed by atoms with van der Waals surface area (Å²) in [5.41, 5.74) is 0.780. The minimum Gasteiger partial charge on any atom is -0.490 e. The molecule has 1 aliphatic carbocycles. The van der Waals surface area contributed by atoms with Gasteiger partial charge in [-0.3, -0.25) is 14.9 Å². The van der Waals surface area contributed by atoms with Gasteiger partial charge in [0, 0.05) is 19.5 Å². The molecule has 1 aromatic rings. The van der Waals surface area contributed by atoms with Crippen LogP contribution in [0.5, 0.6) is 5.75 Å². The van der Waals surface area contributed by atoms with E-state index in [9.17, 15) is 14.4 Å². The standard InChI is InChI=1S/C26H36N2O5/c1-25(2,3)33-24(31)28-16-14-26(15-17-28)12-10-20(11-13-26)32-19-6-4-18(5-7-19)21-8-9-22(29)27-23(21)30/h4-7,20-21H,8-17H2,1-3H3,(H,27,29,30). The molecule has 3 fully saturated rings. The highest BCUT2D eigenvalue weighted by atomic mass is 16.6. The highest BCUT2D eigenvalue weighted by Gasteiger charge is 2.40. The summed E-state index contributed by atoms with van der Waals surface area (Å²) < 4.78 is 11.8. The van der Waals surface area contributed by atoms with Crippen LogP contribution < -0.4 is 10.1 Å². The number of nitrogens with one attached hydrogen (secondary N) is 1. The summed E-state index contributed by atoms with van der Waals surface area (Å²) in [4.78, 5) is 37.6. The van der Waals surface area contributed by atoms with Crippen molar-refractivity contribution in [3.05, 3.63) is 29.8 Å². The number of likely N-dealkylation sites (tertiary alicyclic amines) is 1. The largest absolute Gasteiger partial charge is 0.490 e. The molecule has 180 valence electrons. The van der Waals surface area contributed by atoms with Gasteiger partial charge in [-0.05, 0) is 88.8 Å². The fraction of sp³-hybridized carbons (Fsp3) is 0.654. The number of benzene rings is 1. The molecule has 7 heteroatoms. The molecule has 0 radical (unpaired) electrons. The van der Waals surface area contributed by atoms with Gasteiger partial charge in [0.15, 0.2) is 0 Å². The van der Waals surface area contributed by atoms with Crippen molar-refractivity contribution in [3.8, 4) is 5.75 Å². The van der Waals surface area contributed by atoms with Crippen molar-refractivity contribution in [1.29, 1.82) is 0 Å². The molecule has 2 aliphatic heterocycles. The molecule has 0 aromatic heterocycles. The molecule has 1 saturated carbocycles. The molecule has 2 saturated heterocycles. The lowest BCUT2D eigenvalue weighted by molar-refractivity contribution is -0.134. The summed E-state index contributed by atoms with van der Waals surface area (Å²) in [7, 11) is 0. The monoisotopic (exact) mass is 456 g/mol. The summed E-state index contributed by atoms with van der Waals surface area (Å²) in [6.45, 7) is 7.24. The number of ether oxygens (including phenoxy) is 2. The lowest BCUT2D eigenvalue weighted by Gasteiger charge is -2.45. The zero-order valence-corrected chi connectivity index (χ0v) is 20.0. The van der Waals surface area contributed by atoms with Crippen molar-refractivity contribution in [2.75, 3.05) is 13.1 Å². The summed E-state index contributed by atoms with van der Waals surface area (Å²) in [6, 6.07) is 7.74. The Balaban J connectivity index is 1.24. The van der Waals surface area contributed by atoms with E-state index >= 15 is 0 Å². The normalized spacial score (nSPS) is 23.8. The van der Waals surface area contributed by atoms with Gasteiger partial charge in [0.05, 0.1) is 12.0 Å². The van der Waals surface area contributed by atoms with Gasteiger partial charge in [-0.2, -0.15) is 0 Å². The van der Waals surface area contributed by atoms with Crippen LogP contribution in [0.15, 0.2) is 24.3 Å². The molecule has 4 rings (SSSR count). The van der Waals surface area contributed by atoms with E-state index in [-0.39, 0.29) is 29.9 Å². The van der Waals surface area contributed by atoms with Crippen LogP contribution >= 0.6 is 0 Å². The number of imide groups is 1. The molecule has 2 heterocycles. The van der Waals surface area contributed by atoms with Crippen molar-refractivity contribution >= 4 is 17.9 Å². The van der Waals surface area contributed by atoms with Crippen molar-refractivity contribution in [1.82, 2.24) is 10.2 Å². The number of hydrogen-bond acceptors (Lipinski definition) is 5. The van der Waals surface area contributed by atoms with Crippen LogP contribution in [-0.4, -0.2) is 47.6 Å². The molecule has 7 nitrogen and oxygen atoms in total. The smallest absolute Gasteiger partial charge is 0.410 e. The maximum atomic E-state index is 12.3. The topological polar surface area (TPSA) is 84.9 Å². The highest BCUT2D eigenvalue weighted by molar-refractivity contribution is 6.00. The Morgan fingerprint density at radius 3 is 2.21 bits per heavy atom. The molecular weight excluding hydrogens is 420 g/mol. The molecule has 1 spiro atoms. The van der Waals surface area contributed by atoms with E-state index in [0.29, 0.717) is 18.3 Å². The Hall–Kier alpha value is -2.57. The Morgan fingerprint density at radius 1 is 1.00 bits per heavy atom. The number of amides is 3. The predicted molar refractivity (Wildman–Crippen MR) is 124 cm³/mol. The van der Waals surface area contributed by atoms with E-state index in [1.165, 1.54) is 0 Å². The van der Waals surface area contributed by atoms with E-state index in [4.69, 9.17) is 9.47 Å². The second-order valence-corrected chi connectivity index (χ2v) is 10.9. The minimum atomic E-state index is -0.457. The van der Waals surface area contributed by atoms with Crippen LogP contribution in [0.3, 0.4) is 0 Å². The third kappa shape index (κ3) is 5.87. The Bertz CT molecular complexity index is 871. The summed E-state index contributed by atoms with van der Waals surface area (Å²) >= 11 is 0. The van der Waals surface area contributed by atoms with Gasteiger partial charge in [0.1, 0.15) is 11.4 Å². The van der Waals surface area contributed by atoms with Crippen molar-refractivity contribution < 1.29 is 23.9 Å². The molecule has 1 atom stereocenters. The molecule has 1 N–H and O–H groups in total.